The van der Waals surface area contributed by atoms with Gasteiger partial charge in [0, 0.05) is 17.8 Å². The molecule has 0 bridgehead atoms. The zero-order valence-corrected chi connectivity index (χ0v) is 10.6. The van der Waals surface area contributed by atoms with E-state index in [4.69, 9.17) is 4.52 Å². The lowest BCUT2D eigenvalue weighted by Gasteiger charge is -2.13. The summed E-state index contributed by atoms with van der Waals surface area (Å²) in [4.78, 5) is 13.5. The van der Waals surface area contributed by atoms with E-state index in [2.05, 4.69) is 15.5 Å². The van der Waals surface area contributed by atoms with Gasteiger partial charge in [0.15, 0.2) is 5.82 Å². The first kappa shape index (κ1) is 14.8. The molecule has 7 nitrogen and oxygen atoms in total. The highest BCUT2D eigenvalue weighted by molar-refractivity contribution is 5.57. The molecule has 0 aliphatic carbocycles. The molecule has 10 heteroatoms. The number of benzene rings is 1. The van der Waals surface area contributed by atoms with Gasteiger partial charge in [-0.3, -0.25) is 10.1 Å². The van der Waals surface area contributed by atoms with Gasteiger partial charge < -0.3 is 9.84 Å². The number of hydrogen-bond donors (Lipinski definition) is 1. The van der Waals surface area contributed by atoms with E-state index in [1.54, 1.807) is 6.92 Å². The van der Waals surface area contributed by atoms with E-state index in [9.17, 15) is 23.3 Å². The number of nitro groups is 1. The van der Waals surface area contributed by atoms with Gasteiger partial charge in [0.2, 0.25) is 5.89 Å². The highest BCUT2D eigenvalue weighted by atomic mass is 19.4. The predicted molar refractivity (Wildman–Crippen MR) is 64.5 cm³/mol. The Kier molecular flexibility index (Phi) is 3.78. The summed E-state index contributed by atoms with van der Waals surface area (Å²) in [6, 6.07) is 2.45. The molecular formula is C11H9F3N4O3. The Labute approximate surface area is 115 Å². The van der Waals surface area contributed by atoms with Crippen molar-refractivity contribution in [1.82, 2.24) is 10.1 Å². The maximum atomic E-state index is 12.9. The van der Waals surface area contributed by atoms with Gasteiger partial charge in [0.05, 0.1) is 17.0 Å². The monoisotopic (exact) mass is 302 g/mol. The first-order valence-corrected chi connectivity index (χ1v) is 5.66. The van der Waals surface area contributed by atoms with Gasteiger partial charge in [-0.2, -0.15) is 18.2 Å². The average Bonchev–Trinajstić information content (AvgIpc) is 2.81. The number of anilines is 1. The summed E-state index contributed by atoms with van der Waals surface area (Å²) in [5.41, 5.74) is -2.07. The molecule has 0 unspecified atom stereocenters. The molecule has 2 aromatic rings. The third-order valence-corrected chi connectivity index (χ3v) is 2.52. The maximum Gasteiger partial charge on any atom is 0.418 e. The Morgan fingerprint density at radius 3 is 2.67 bits per heavy atom. The Balaban J connectivity index is 2.27. The predicted octanol–water partition coefficient (Wildman–Crippen LogP) is 2.92. The zero-order valence-electron chi connectivity index (χ0n) is 10.6. The number of non-ortho nitro benzene ring substituents is 1. The molecule has 21 heavy (non-hydrogen) atoms. The highest BCUT2D eigenvalue weighted by Gasteiger charge is 2.35. The topological polar surface area (TPSA) is 94.1 Å². The van der Waals surface area contributed by atoms with Crippen molar-refractivity contribution < 1.29 is 22.6 Å². The minimum Gasteiger partial charge on any atom is -0.376 e. The van der Waals surface area contributed by atoms with Crippen LogP contribution in [0.3, 0.4) is 0 Å². The second-order valence-electron chi connectivity index (χ2n) is 4.07. The first-order valence-electron chi connectivity index (χ1n) is 5.66. The summed E-state index contributed by atoms with van der Waals surface area (Å²) in [6.45, 7) is 1.45. The quantitative estimate of drug-likeness (QED) is 0.689. The third kappa shape index (κ3) is 3.46. The van der Waals surface area contributed by atoms with E-state index in [1.807, 2.05) is 0 Å². The number of rotatable bonds is 4. The van der Waals surface area contributed by atoms with E-state index in [0.29, 0.717) is 11.9 Å². The van der Waals surface area contributed by atoms with Crippen LogP contribution < -0.4 is 5.32 Å². The van der Waals surface area contributed by atoms with Crippen LogP contribution in [-0.2, 0) is 12.7 Å². The lowest BCUT2D eigenvalue weighted by molar-refractivity contribution is -0.385. The summed E-state index contributed by atoms with van der Waals surface area (Å²) in [6.07, 6.45) is -4.72. The Hall–Kier alpha value is -2.65. The fraction of sp³-hybridized carbons (Fsp3) is 0.273. The van der Waals surface area contributed by atoms with E-state index in [0.717, 1.165) is 12.1 Å². The summed E-state index contributed by atoms with van der Waals surface area (Å²) < 4.78 is 43.5. The molecule has 0 fully saturated rings. The number of nitrogens with one attached hydrogen (secondary N) is 1. The van der Waals surface area contributed by atoms with Crippen LogP contribution in [0.5, 0.6) is 0 Å². The molecule has 0 saturated carbocycles. The van der Waals surface area contributed by atoms with Gasteiger partial charge in [0.25, 0.3) is 5.69 Å². The molecule has 1 aromatic heterocycles. The zero-order chi connectivity index (χ0) is 15.6. The molecular weight excluding hydrogens is 293 g/mol. The largest absolute Gasteiger partial charge is 0.418 e. The lowest BCUT2D eigenvalue weighted by atomic mass is 10.1. The summed E-state index contributed by atoms with van der Waals surface area (Å²) in [7, 11) is 0. The fourth-order valence-corrected chi connectivity index (χ4v) is 1.62. The molecule has 2 rings (SSSR count). The van der Waals surface area contributed by atoms with Gasteiger partial charge in [0.1, 0.15) is 0 Å². The standard InChI is InChI=1S/C11H9F3N4O3/c1-6-16-10(21-17-6)5-15-9-3-2-7(18(19)20)4-8(9)11(12,13)14/h2-4,15H,5H2,1H3. The third-order valence-electron chi connectivity index (χ3n) is 2.52. The maximum absolute atomic E-state index is 12.9. The van der Waals surface area contributed by atoms with Crippen molar-refractivity contribution in [3.8, 4) is 0 Å². The molecule has 0 atom stereocenters. The van der Waals surface area contributed by atoms with Crippen molar-refractivity contribution in [2.75, 3.05) is 5.32 Å². The number of nitro benzene ring substituents is 1. The molecule has 0 saturated heterocycles. The van der Waals surface area contributed by atoms with E-state index < -0.39 is 22.4 Å². The number of halogens is 3. The van der Waals surface area contributed by atoms with Crippen molar-refractivity contribution in [3.63, 3.8) is 0 Å². The first-order chi connectivity index (χ1) is 9.77. The normalized spacial score (nSPS) is 11.4. The molecule has 0 aliphatic heterocycles. The van der Waals surface area contributed by atoms with Gasteiger partial charge in [-0.15, -0.1) is 0 Å². The summed E-state index contributed by atoms with van der Waals surface area (Å²) >= 11 is 0. The fourth-order valence-electron chi connectivity index (χ4n) is 1.62. The second-order valence-corrected chi connectivity index (χ2v) is 4.07. The number of hydrogen-bond acceptors (Lipinski definition) is 6. The van der Waals surface area contributed by atoms with E-state index in [1.165, 1.54) is 0 Å². The van der Waals surface area contributed by atoms with Crippen LogP contribution in [0.4, 0.5) is 24.5 Å². The van der Waals surface area contributed by atoms with Crippen molar-refractivity contribution >= 4 is 11.4 Å². The minimum absolute atomic E-state index is 0.110. The molecule has 1 heterocycles. The second kappa shape index (κ2) is 5.38. The molecule has 0 aliphatic rings. The van der Waals surface area contributed by atoms with Crippen molar-refractivity contribution in [2.45, 2.75) is 19.6 Å². The number of aryl methyl sites for hydroxylation is 1. The Morgan fingerprint density at radius 1 is 1.43 bits per heavy atom. The van der Waals surface area contributed by atoms with Crippen molar-refractivity contribution in [3.05, 3.63) is 45.6 Å². The molecule has 0 amide bonds. The highest BCUT2D eigenvalue weighted by Crippen LogP contribution is 2.37. The van der Waals surface area contributed by atoms with Gasteiger partial charge in [-0.25, -0.2) is 0 Å². The molecule has 112 valence electrons. The Bertz CT molecular complexity index is 669. The molecule has 1 N–H and O–H groups in total. The van der Waals surface area contributed by atoms with E-state index >= 15 is 0 Å². The number of aromatic nitrogens is 2. The van der Waals surface area contributed by atoms with Gasteiger partial charge in [-0.05, 0) is 13.0 Å². The lowest BCUT2D eigenvalue weighted by Crippen LogP contribution is -2.11. The van der Waals surface area contributed by atoms with Crippen LogP contribution in [0.15, 0.2) is 22.7 Å². The molecule has 0 spiro atoms. The van der Waals surface area contributed by atoms with Gasteiger partial charge in [-0.1, -0.05) is 5.16 Å². The average molecular weight is 302 g/mol. The molecule has 0 radical (unpaired) electrons. The van der Waals surface area contributed by atoms with Crippen LogP contribution >= 0.6 is 0 Å². The number of nitrogens with zero attached hydrogens (tertiary/aromatic N) is 3. The van der Waals surface area contributed by atoms with Crippen LogP contribution in [0.1, 0.15) is 17.3 Å². The van der Waals surface area contributed by atoms with Crippen LogP contribution in [0.25, 0.3) is 0 Å². The van der Waals surface area contributed by atoms with Crippen LogP contribution in [0.2, 0.25) is 0 Å². The van der Waals surface area contributed by atoms with Crippen LogP contribution in [0, 0.1) is 17.0 Å². The smallest absolute Gasteiger partial charge is 0.376 e. The number of alkyl halides is 3. The van der Waals surface area contributed by atoms with Gasteiger partial charge >= 0.3 is 6.18 Å². The Morgan fingerprint density at radius 2 is 2.14 bits per heavy atom. The van der Waals surface area contributed by atoms with Crippen molar-refractivity contribution in [2.24, 2.45) is 0 Å². The van der Waals surface area contributed by atoms with Crippen LogP contribution in [-0.4, -0.2) is 15.1 Å². The summed E-state index contributed by atoms with van der Waals surface area (Å²) in [5, 5.41) is 16.5. The van der Waals surface area contributed by atoms with Crippen molar-refractivity contribution in [1.29, 1.82) is 0 Å². The van der Waals surface area contributed by atoms with E-state index in [-0.39, 0.29) is 18.1 Å². The summed E-state index contributed by atoms with van der Waals surface area (Å²) in [5.74, 6) is 0.463. The molecule has 1 aromatic carbocycles. The minimum atomic E-state index is -4.72. The SMILES string of the molecule is Cc1noc(CNc2ccc([N+](=O)[O-])cc2C(F)(F)F)n1.